The monoisotopic (exact) mass is 407 g/mol. The van der Waals surface area contributed by atoms with Gasteiger partial charge in [-0.25, -0.2) is 4.79 Å². The third kappa shape index (κ3) is 4.11. The van der Waals surface area contributed by atoms with Crippen molar-refractivity contribution in [2.45, 2.75) is 6.10 Å². The molecule has 1 fully saturated rings. The number of rotatable bonds is 8. The smallest absolute Gasteiger partial charge is 0.340 e. The minimum Gasteiger partial charge on any atom is -0.492 e. The normalized spacial score (nSPS) is 13.6. The van der Waals surface area contributed by atoms with Gasteiger partial charge in [-0.1, -0.05) is 6.07 Å². The molecule has 0 unspecified atom stereocenters. The predicted octanol–water partition coefficient (Wildman–Crippen LogP) is 2.87. The molecule has 0 aliphatic carbocycles. The first kappa shape index (κ1) is 19.8. The molecule has 2 N–H and O–H groups in total. The van der Waals surface area contributed by atoms with Gasteiger partial charge in [0.2, 0.25) is 0 Å². The molecule has 2 heterocycles. The van der Waals surface area contributed by atoms with Gasteiger partial charge in [0.05, 0.1) is 37.1 Å². The lowest BCUT2D eigenvalue weighted by molar-refractivity contribution is 0.0601. The van der Waals surface area contributed by atoms with E-state index in [9.17, 15) is 4.79 Å². The molecule has 2 aromatic carbocycles. The van der Waals surface area contributed by atoms with Crippen LogP contribution in [0.15, 0.2) is 67.0 Å². The number of carbonyl (C=O) groups is 1. The van der Waals surface area contributed by atoms with Gasteiger partial charge in [0.1, 0.15) is 24.2 Å². The zero-order valence-electron chi connectivity index (χ0n) is 16.9. The topological polar surface area (TPSA) is 78.9 Å². The molecule has 0 atom stereocenters. The van der Waals surface area contributed by atoms with Crippen LogP contribution in [-0.4, -0.2) is 50.0 Å². The number of hydrogen-bond acceptors (Lipinski definition) is 6. The Bertz CT molecular complexity index is 980. The Kier molecular flexibility index (Phi) is 5.90. The lowest BCUT2D eigenvalue weighted by Gasteiger charge is -2.41. The van der Waals surface area contributed by atoms with Crippen molar-refractivity contribution in [1.82, 2.24) is 4.57 Å². The summed E-state index contributed by atoms with van der Waals surface area (Å²) in [5, 5.41) is 0. The second kappa shape index (κ2) is 8.92. The Morgan fingerprint density at radius 3 is 2.40 bits per heavy atom. The van der Waals surface area contributed by atoms with E-state index in [0.717, 1.165) is 36.0 Å². The molecular formula is C23H25N3O4. The Balaban J connectivity index is 1.46. The zero-order chi connectivity index (χ0) is 20.9. The van der Waals surface area contributed by atoms with Crippen molar-refractivity contribution in [2.75, 3.05) is 38.3 Å². The summed E-state index contributed by atoms with van der Waals surface area (Å²) in [7, 11) is 1.40. The molecule has 0 saturated carbocycles. The second-order valence-corrected chi connectivity index (χ2v) is 7.01. The maximum Gasteiger partial charge on any atom is 0.340 e. The number of aromatic nitrogens is 1. The maximum absolute atomic E-state index is 12.3. The van der Waals surface area contributed by atoms with Crippen LogP contribution in [0.4, 0.5) is 5.69 Å². The molecule has 7 nitrogen and oxygen atoms in total. The fourth-order valence-electron chi connectivity index (χ4n) is 3.51. The Morgan fingerprint density at radius 2 is 1.73 bits per heavy atom. The van der Waals surface area contributed by atoms with E-state index < -0.39 is 0 Å². The summed E-state index contributed by atoms with van der Waals surface area (Å²) in [6.07, 6.45) is 3.92. The number of nitrogens with zero attached hydrogens (tertiary/aromatic N) is 2. The molecule has 1 aromatic heterocycles. The summed E-state index contributed by atoms with van der Waals surface area (Å²) < 4.78 is 18.5. The number of nitrogens with two attached hydrogens (primary N) is 1. The fraction of sp³-hybridized carbons (Fsp3) is 0.261. The fourth-order valence-corrected chi connectivity index (χ4v) is 3.51. The molecule has 4 rings (SSSR count). The van der Waals surface area contributed by atoms with Crippen molar-refractivity contribution < 1.29 is 19.0 Å². The van der Waals surface area contributed by atoms with Gasteiger partial charge in [0.15, 0.2) is 0 Å². The van der Waals surface area contributed by atoms with Gasteiger partial charge >= 0.3 is 5.97 Å². The highest BCUT2D eigenvalue weighted by Gasteiger charge is 2.32. The summed E-state index contributed by atoms with van der Waals surface area (Å²) >= 11 is 0. The van der Waals surface area contributed by atoms with Crippen LogP contribution in [0, 0.1) is 0 Å². The van der Waals surface area contributed by atoms with Gasteiger partial charge in [-0.3, -0.25) is 0 Å². The quantitative estimate of drug-likeness (QED) is 0.579. The number of carbonyl (C=O) groups excluding carboxylic acids is 1. The number of anilines is 1. The zero-order valence-corrected chi connectivity index (χ0v) is 16.9. The van der Waals surface area contributed by atoms with Crippen LogP contribution in [0.2, 0.25) is 0 Å². The minimum absolute atomic E-state index is 0.0695. The molecule has 1 saturated heterocycles. The Morgan fingerprint density at radius 1 is 1.03 bits per heavy atom. The highest BCUT2D eigenvalue weighted by Crippen LogP contribution is 2.33. The Labute approximate surface area is 175 Å². The first-order chi connectivity index (χ1) is 14.7. The summed E-state index contributed by atoms with van der Waals surface area (Å²) in [5.41, 5.74) is 7.77. The van der Waals surface area contributed by atoms with E-state index in [-0.39, 0.29) is 12.1 Å². The second-order valence-electron chi connectivity index (χ2n) is 7.01. The number of esters is 1. The van der Waals surface area contributed by atoms with E-state index in [4.69, 9.17) is 19.9 Å². The average Bonchev–Trinajstić information content (AvgIpc) is 3.29. The van der Waals surface area contributed by atoms with Crippen LogP contribution in [0.1, 0.15) is 10.4 Å². The van der Waals surface area contributed by atoms with Crippen molar-refractivity contribution in [3.63, 3.8) is 0 Å². The molecule has 0 bridgehead atoms. The Hall–Kier alpha value is -3.45. The summed E-state index contributed by atoms with van der Waals surface area (Å²) in [4.78, 5) is 14.5. The first-order valence-electron chi connectivity index (χ1n) is 9.89. The van der Waals surface area contributed by atoms with Crippen molar-refractivity contribution >= 4 is 11.7 Å². The first-order valence-corrected chi connectivity index (χ1v) is 9.89. The molecule has 1 aliphatic heterocycles. The van der Waals surface area contributed by atoms with E-state index in [0.29, 0.717) is 18.7 Å². The van der Waals surface area contributed by atoms with E-state index in [1.807, 2.05) is 65.5 Å². The molecular weight excluding hydrogens is 382 g/mol. The van der Waals surface area contributed by atoms with Gasteiger partial charge in [0.25, 0.3) is 0 Å². The molecule has 1 aliphatic rings. The van der Waals surface area contributed by atoms with Gasteiger partial charge in [-0.05, 0) is 48.5 Å². The lowest BCUT2D eigenvalue weighted by atomic mass is 10.1. The van der Waals surface area contributed by atoms with Crippen molar-refractivity contribution in [2.24, 2.45) is 5.73 Å². The van der Waals surface area contributed by atoms with Crippen molar-refractivity contribution in [3.05, 3.63) is 72.6 Å². The van der Waals surface area contributed by atoms with Gasteiger partial charge in [0, 0.05) is 18.9 Å². The third-order valence-electron chi connectivity index (χ3n) is 4.98. The van der Waals surface area contributed by atoms with E-state index in [1.54, 1.807) is 6.07 Å². The predicted molar refractivity (Wildman–Crippen MR) is 115 cm³/mol. The van der Waals surface area contributed by atoms with Crippen molar-refractivity contribution in [1.29, 1.82) is 0 Å². The molecule has 3 aromatic rings. The standard InChI is InChI=1S/C23H25N3O4/c1-28-23(27)20-5-4-6-21(22(20)25-12-2-3-13-25)26-15-19(16-26)30-18-9-7-17(8-10-18)29-14-11-24/h2-10,12-13,19H,11,14-16,24H2,1H3. The van der Waals surface area contributed by atoms with Crippen LogP contribution in [0.3, 0.4) is 0 Å². The highest BCUT2D eigenvalue weighted by atomic mass is 16.5. The third-order valence-corrected chi connectivity index (χ3v) is 4.98. The van der Waals surface area contributed by atoms with Crippen LogP contribution in [-0.2, 0) is 4.74 Å². The van der Waals surface area contributed by atoms with E-state index >= 15 is 0 Å². The summed E-state index contributed by atoms with van der Waals surface area (Å²) in [5.74, 6) is 1.22. The molecule has 156 valence electrons. The number of benzene rings is 2. The van der Waals surface area contributed by atoms with E-state index in [1.165, 1.54) is 7.11 Å². The number of hydrogen-bond donors (Lipinski definition) is 1. The SMILES string of the molecule is COC(=O)c1cccc(N2CC(Oc3ccc(OCCN)cc3)C2)c1-n1cccc1. The number of para-hydroxylation sites is 1. The molecule has 30 heavy (non-hydrogen) atoms. The maximum atomic E-state index is 12.3. The van der Waals surface area contributed by atoms with Gasteiger partial charge in [-0.2, -0.15) is 0 Å². The van der Waals surface area contributed by atoms with Gasteiger partial charge < -0.3 is 29.4 Å². The van der Waals surface area contributed by atoms with E-state index in [2.05, 4.69) is 4.90 Å². The minimum atomic E-state index is -0.356. The molecule has 7 heteroatoms. The average molecular weight is 407 g/mol. The van der Waals surface area contributed by atoms with Crippen LogP contribution < -0.4 is 20.1 Å². The van der Waals surface area contributed by atoms with Gasteiger partial charge in [-0.15, -0.1) is 0 Å². The lowest BCUT2D eigenvalue weighted by Crippen LogP contribution is -2.54. The molecule has 0 spiro atoms. The summed E-state index contributed by atoms with van der Waals surface area (Å²) in [6.45, 7) is 2.43. The largest absolute Gasteiger partial charge is 0.492 e. The van der Waals surface area contributed by atoms with Crippen LogP contribution >= 0.6 is 0 Å². The highest BCUT2D eigenvalue weighted by molar-refractivity contribution is 5.96. The molecule has 0 amide bonds. The number of methoxy groups -OCH3 is 1. The van der Waals surface area contributed by atoms with Crippen LogP contribution in [0.25, 0.3) is 5.69 Å². The van der Waals surface area contributed by atoms with Crippen LogP contribution in [0.5, 0.6) is 11.5 Å². The number of ether oxygens (including phenoxy) is 3. The summed E-state index contributed by atoms with van der Waals surface area (Å²) in [6, 6.07) is 17.1. The van der Waals surface area contributed by atoms with Crippen molar-refractivity contribution in [3.8, 4) is 17.2 Å². The molecule has 0 radical (unpaired) electrons.